The average Bonchev–Trinajstić information content (AvgIpc) is 2.40. The smallest absolute Gasteiger partial charge is 0.325 e. The first kappa shape index (κ1) is 6.55. The minimum absolute atomic E-state index is 0.190. The summed E-state index contributed by atoms with van der Waals surface area (Å²) in [5, 5.41) is 11.5. The van der Waals surface area contributed by atoms with Gasteiger partial charge < -0.3 is 5.11 Å². The Balaban J connectivity index is 2.63. The molecule has 1 rings (SSSR count). The van der Waals surface area contributed by atoms with Gasteiger partial charge in [0.25, 0.3) is 0 Å². The topological polar surface area (TPSA) is 59.2 Å². The van der Waals surface area contributed by atoms with Crippen molar-refractivity contribution in [2.75, 3.05) is 6.54 Å². The Bertz CT molecular complexity index is 138. The summed E-state index contributed by atoms with van der Waals surface area (Å²) in [6.45, 7) is 4.45. The second-order valence-electron chi connectivity index (χ2n) is 2.78. The minimum atomic E-state index is -0.725. The Kier molecular flexibility index (Phi) is 1.24. The SMILES string of the molecule is CC(C)[C@]1(C(=O)O)CN1. The van der Waals surface area contributed by atoms with E-state index >= 15 is 0 Å². The molecule has 0 aromatic carbocycles. The zero-order valence-corrected chi connectivity index (χ0v) is 5.64. The van der Waals surface area contributed by atoms with Gasteiger partial charge in [0.15, 0.2) is 0 Å². The highest BCUT2D eigenvalue weighted by Gasteiger charge is 2.52. The van der Waals surface area contributed by atoms with Crippen LogP contribution in [0.1, 0.15) is 13.8 Å². The fraction of sp³-hybridized carbons (Fsp3) is 0.833. The van der Waals surface area contributed by atoms with Gasteiger partial charge >= 0.3 is 5.97 Å². The maximum Gasteiger partial charge on any atom is 0.325 e. The highest BCUT2D eigenvalue weighted by molar-refractivity contribution is 5.83. The lowest BCUT2D eigenvalue weighted by atomic mass is 9.96. The van der Waals surface area contributed by atoms with Gasteiger partial charge in [0.1, 0.15) is 5.54 Å². The summed E-state index contributed by atoms with van der Waals surface area (Å²) in [4.78, 5) is 10.5. The van der Waals surface area contributed by atoms with Crippen LogP contribution in [0, 0.1) is 5.92 Å². The Labute approximate surface area is 54.1 Å². The third-order valence-corrected chi connectivity index (χ3v) is 1.92. The van der Waals surface area contributed by atoms with Crippen molar-refractivity contribution >= 4 is 5.97 Å². The largest absolute Gasteiger partial charge is 0.480 e. The highest BCUT2D eigenvalue weighted by Crippen LogP contribution is 2.26. The van der Waals surface area contributed by atoms with Gasteiger partial charge in [0.05, 0.1) is 0 Å². The van der Waals surface area contributed by atoms with Crippen LogP contribution >= 0.6 is 0 Å². The van der Waals surface area contributed by atoms with Crippen LogP contribution in [-0.4, -0.2) is 23.2 Å². The molecule has 0 aromatic rings. The lowest BCUT2D eigenvalue weighted by Crippen LogP contribution is -2.33. The van der Waals surface area contributed by atoms with Gasteiger partial charge in [-0.15, -0.1) is 0 Å². The van der Waals surface area contributed by atoms with Crippen molar-refractivity contribution < 1.29 is 9.90 Å². The zero-order chi connectivity index (χ0) is 7.07. The molecule has 1 heterocycles. The number of aliphatic carboxylic acids is 1. The molecule has 0 aromatic heterocycles. The molecule has 1 aliphatic heterocycles. The monoisotopic (exact) mass is 129 g/mol. The lowest BCUT2D eigenvalue weighted by Gasteiger charge is -2.10. The summed E-state index contributed by atoms with van der Waals surface area (Å²) in [5.74, 6) is -0.535. The van der Waals surface area contributed by atoms with Crippen LogP contribution in [0.5, 0.6) is 0 Å². The quantitative estimate of drug-likeness (QED) is 0.519. The Morgan fingerprint density at radius 3 is 2.22 bits per heavy atom. The standard InChI is InChI=1S/C6H11NO2/c1-4(2)6(3-7-6)5(8)9/h4,7H,3H2,1-2H3,(H,8,9)/t6-/m0/s1. The van der Waals surface area contributed by atoms with E-state index in [0.717, 1.165) is 0 Å². The van der Waals surface area contributed by atoms with Crippen molar-refractivity contribution in [2.45, 2.75) is 19.4 Å². The van der Waals surface area contributed by atoms with Crippen LogP contribution in [0.4, 0.5) is 0 Å². The number of carboxylic acids is 1. The van der Waals surface area contributed by atoms with Crippen LogP contribution < -0.4 is 5.32 Å². The van der Waals surface area contributed by atoms with E-state index in [1.165, 1.54) is 0 Å². The second kappa shape index (κ2) is 1.70. The first-order valence-electron chi connectivity index (χ1n) is 3.08. The molecule has 9 heavy (non-hydrogen) atoms. The molecular weight excluding hydrogens is 118 g/mol. The fourth-order valence-electron chi connectivity index (χ4n) is 0.902. The normalized spacial score (nSPS) is 32.8. The predicted molar refractivity (Wildman–Crippen MR) is 33.2 cm³/mol. The van der Waals surface area contributed by atoms with Gasteiger partial charge in [-0.25, -0.2) is 0 Å². The maximum absolute atomic E-state index is 10.5. The number of carbonyl (C=O) groups is 1. The first-order valence-corrected chi connectivity index (χ1v) is 3.08. The van der Waals surface area contributed by atoms with E-state index in [-0.39, 0.29) is 5.92 Å². The lowest BCUT2D eigenvalue weighted by molar-refractivity contribution is -0.141. The van der Waals surface area contributed by atoms with Crippen molar-refractivity contribution in [3.8, 4) is 0 Å². The molecule has 3 nitrogen and oxygen atoms in total. The Hall–Kier alpha value is -0.570. The van der Waals surface area contributed by atoms with Crippen LogP contribution in [0.15, 0.2) is 0 Å². The van der Waals surface area contributed by atoms with E-state index in [0.29, 0.717) is 6.54 Å². The van der Waals surface area contributed by atoms with Crippen molar-refractivity contribution in [3.63, 3.8) is 0 Å². The summed E-state index contributed by atoms with van der Waals surface area (Å²) in [5.41, 5.74) is -0.583. The molecule has 0 amide bonds. The number of nitrogens with one attached hydrogen (secondary N) is 1. The van der Waals surface area contributed by atoms with E-state index in [4.69, 9.17) is 5.11 Å². The minimum Gasteiger partial charge on any atom is -0.480 e. The zero-order valence-electron chi connectivity index (χ0n) is 5.64. The number of hydrogen-bond donors (Lipinski definition) is 2. The maximum atomic E-state index is 10.5. The van der Waals surface area contributed by atoms with E-state index in [1.807, 2.05) is 13.8 Å². The molecule has 0 radical (unpaired) electrons. The van der Waals surface area contributed by atoms with Gasteiger partial charge in [-0.1, -0.05) is 13.8 Å². The molecule has 1 saturated heterocycles. The summed E-state index contributed by atoms with van der Waals surface area (Å²) >= 11 is 0. The summed E-state index contributed by atoms with van der Waals surface area (Å²) in [6, 6.07) is 0. The Morgan fingerprint density at radius 2 is 2.22 bits per heavy atom. The van der Waals surface area contributed by atoms with E-state index in [2.05, 4.69) is 5.32 Å². The second-order valence-corrected chi connectivity index (χ2v) is 2.78. The number of hydrogen-bond acceptors (Lipinski definition) is 2. The van der Waals surface area contributed by atoms with Crippen molar-refractivity contribution in [2.24, 2.45) is 5.92 Å². The molecule has 1 fully saturated rings. The number of rotatable bonds is 2. The molecule has 52 valence electrons. The molecule has 0 saturated carbocycles. The van der Waals surface area contributed by atoms with E-state index in [1.54, 1.807) is 0 Å². The summed E-state index contributed by atoms with van der Waals surface area (Å²) in [7, 11) is 0. The number of carboxylic acid groups (broad SMARTS) is 1. The molecule has 0 spiro atoms. The van der Waals surface area contributed by atoms with Gasteiger partial charge in [0, 0.05) is 6.54 Å². The fourth-order valence-corrected chi connectivity index (χ4v) is 0.902. The van der Waals surface area contributed by atoms with Crippen molar-refractivity contribution in [3.05, 3.63) is 0 Å². The molecule has 0 aliphatic carbocycles. The molecule has 3 heteroatoms. The van der Waals surface area contributed by atoms with Gasteiger partial charge in [0.2, 0.25) is 0 Å². The summed E-state index contributed by atoms with van der Waals surface area (Å²) < 4.78 is 0. The van der Waals surface area contributed by atoms with Crippen molar-refractivity contribution in [1.29, 1.82) is 0 Å². The average molecular weight is 129 g/mol. The van der Waals surface area contributed by atoms with Gasteiger partial charge in [-0.05, 0) is 5.92 Å². The Morgan fingerprint density at radius 1 is 1.78 bits per heavy atom. The molecule has 0 unspecified atom stereocenters. The highest BCUT2D eigenvalue weighted by atomic mass is 16.4. The van der Waals surface area contributed by atoms with Crippen LogP contribution in [0.25, 0.3) is 0 Å². The molecule has 1 atom stereocenters. The molecule has 0 bridgehead atoms. The third kappa shape index (κ3) is 0.812. The van der Waals surface area contributed by atoms with Crippen LogP contribution in [0.2, 0.25) is 0 Å². The van der Waals surface area contributed by atoms with Crippen molar-refractivity contribution in [1.82, 2.24) is 5.32 Å². The van der Waals surface area contributed by atoms with E-state index in [9.17, 15) is 4.79 Å². The van der Waals surface area contributed by atoms with E-state index < -0.39 is 11.5 Å². The molecule has 2 N–H and O–H groups in total. The van der Waals surface area contributed by atoms with Gasteiger partial charge in [-0.3, -0.25) is 10.1 Å². The molecular formula is C6H11NO2. The summed E-state index contributed by atoms with van der Waals surface area (Å²) in [6.07, 6.45) is 0. The van der Waals surface area contributed by atoms with Crippen LogP contribution in [0.3, 0.4) is 0 Å². The molecule has 1 aliphatic rings. The van der Waals surface area contributed by atoms with Gasteiger partial charge in [-0.2, -0.15) is 0 Å². The first-order chi connectivity index (χ1) is 4.09. The van der Waals surface area contributed by atoms with Crippen LogP contribution in [-0.2, 0) is 4.79 Å². The predicted octanol–water partition coefficient (Wildman–Crippen LogP) is 0.0690. The third-order valence-electron chi connectivity index (χ3n) is 1.92.